The SMILES string of the molecule is CC[C@@H]1NC(=O)[C@H]([C@H](O)[C@H](C)CCCCCCC(=O)OC)N(C)C(=O)[C@H](C(C)C)N(C)C(=O)[C@H](CC(C)C)N(C)C(=O)[C@H](CC(C)C)N(C)C(=O)[C@@H](C)NC(=O)[C@H](C)NC(=O)[C@H](CC(C)C)N(C)C(=O)[C@H](C(C)C)NC(=O)[C@H](CC(C)C)N(C)C(=O)CN(C)C1=O. The summed E-state index contributed by atoms with van der Waals surface area (Å²) in [4.78, 5) is 181. The number of nitrogens with one attached hydrogen (secondary N) is 4. The van der Waals surface area contributed by atoms with Gasteiger partial charge in [0.05, 0.1) is 19.8 Å². The van der Waals surface area contributed by atoms with Crippen LogP contribution in [0.25, 0.3) is 0 Å². The van der Waals surface area contributed by atoms with Crippen molar-refractivity contribution in [2.45, 2.75) is 248 Å². The molecule has 25 heteroatoms. The number of amides is 11. The molecule has 0 saturated carbocycles. The molecule has 0 aromatic rings. The average molecular weight is 1290 g/mol. The van der Waals surface area contributed by atoms with Crippen LogP contribution < -0.4 is 21.3 Å². The van der Waals surface area contributed by atoms with Crippen LogP contribution in [-0.4, -0.2) is 240 Å². The predicted octanol–water partition coefficient (Wildman–Crippen LogP) is 3.82. The first-order valence-corrected chi connectivity index (χ1v) is 32.9. The van der Waals surface area contributed by atoms with E-state index in [0.717, 1.165) is 9.80 Å². The third kappa shape index (κ3) is 24.5. The summed E-state index contributed by atoms with van der Waals surface area (Å²) in [5.74, 6) is -10.3. The van der Waals surface area contributed by atoms with E-state index < -0.39 is 156 Å². The highest BCUT2D eigenvalue weighted by molar-refractivity contribution is 5.99. The first kappa shape index (κ1) is 82.6. The van der Waals surface area contributed by atoms with Gasteiger partial charge in [-0.25, -0.2) is 0 Å². The van der Waals surface area contributed by atoms with Gasteiger partial charge in [0.25, 0.3) is 0 Å². The normalized spacial score (nSPS) is 25.7. The van der Waals surface area contributed by atoms with E-state index in [0.29, 0.717) is 32.1 Å². The molecule has 0 aliphatic carbocycles. The fourth-order valence-electron chi connectivity index (χ4n) is 11.6. The van der Waals surface area contributed by atoms with Crippen LogP contribution in [0.5, 0.6) is 0 Å². The lowest BCUT2D eigenvalue weighted by molar-refractivity contribution is -0.157. The van der Waals surface area contributed by atoms with Crippen molar-refractivity contribution in [1.82, 2.24) is 55.6 Å². The van der Waals surface area contributed by atoms with Gasteiger partial charge in [0.15, 0.2) is 0 Å². The Morgan fingerprint density at radius 3 is 1.37 bits per heavy atom. The minimum Gasteiger partial charge on any atom is -0.469 e. The van der Waals surface area contributed by atoms with Crippen LogP contribution in [0.3, 0.4) is 0 Å². The van der Waals surface area contributed by atoms with Crippen molar-refractivity contribution >= 4 is 70.9 Å². The van der Waals surface area contributed by atoms with Gasteiger partial charge in [0.1, 0.15) is 60.4 Å². The van der Waals surface area contributed by atoms with E-state index in [2.05, 4.69) is 21.3 Å². The van der Waals surface area contributed by atoms with Gasteiger partial charge in [-0.1, -0.05) is 116 Å². The van der Waals surface area contributed by atoms with Crippen molar-refractivity contribution in [2.24, 2.45) is 41.4 Å². The number of esters is 1. The maximum atomic E-state index is 15.3. The molecule has 12 atom stereocenters. The second-order valence-corrected chi connectivity index (χ2v) is 27.8. The molecule has 0 aromatic carbocycles. The van der Waals surface area contributed by atoms with Gasteiger partial charge in [0, 0.05) is 55.8 Å². The third-order valence-corrected chi connectivity index (χ3v) is 17.4. The minimum absolute atomic E-state index is 0.00204. The van der Waals surface area contributed by atoms with Crippen LogP contribution in [-0.2, 0) is 62.3 Å². The first-order valence-electron chi connectivity index (χ1n) is 32.9. The summed E-state index contributed by atoms with van der Waals surface area (Å²) < 4.78 is 4.77. The van der Waals surface area contributed by atoms with Crippen LogP contribution in [0.4, 0.5) is 0 Å². The maximum absolute atomic E-state index is 15.3. The predicted molar refractivity (Wildman–Crippen MR) is 349 cm³/mol. The summed E-state index contributed by atoms with van der Waals surface area (Å²) in [7, 11) is 11.2. The van der Waals surface area contributed by atoms with Crippen molar-refractivity contribution in [3.05, 3.63) is 0 Å². The molecule has 0 radical (unpaired) electrons. The molecule has 5 N–H and O–H groups in total. The molecule has 1 heterocycles. The van der Waals surface area contributed by atoms with Crippen LogP contribution in [0.1, 0.15) is 181 Å². The topological polar surface area (TPSA) is 305 Å². The van der Waals surface area contributed by atoms with Crippen LogP contribution >= 0.6 is 0 Å². The summed E-state index contributed by atoms with van der Waals surface area (Å²) in [6, 6.07) is -12.5. The summed E-state index contributed by atoms with van der Waals surface area (Å²) >= 11 is 0. The van der Waals surface area contributed by atoms with E-state index in [-0.39, 0.29) is 68.2 Å². The lowest BCUT2D eigenvalue weighted by Crippen LogP contribution is -2.63. The number of unbranched alkanes of at least 4 members (excludes halogenated alkanes) is 3. The van der Waals surface area contributed by atoms with Crippen LogP contribution in [0.2, 0.25) is 0 Å². The Labute approximate surface area is 544 Å². The molecule has 1 fully saturated rings. The molecule has 0 bridgehead atoms. The highest BCUT2D eigenvalue weighted by Gasteiger charge is 2.46. The van der Waals surface area contributed by atoms with Crippen molar-refractivity contribution in [2.75, 3.05) is 63.0 Å². The molecule has 1 aliphatic rings. The zero-order chi connectivity index (χ0) is 70.4. The number of nitrogens with zero attached hydrogens (tertiary/aromatic N) is 7. The lowest BCUT2D eigenvalue weighted by atomic mass is 9.90. The Kier molecular flexibility index (Phi) is 35.0. The van der Waals surface area contributed by atoms with Gasteiger partial charge in [-0.3, -0.25) is 57.5 Å². The molecule has 0 aromatic heterocycles. The number of hydrogen-bond donors (Lipinski definition) is 5. The summed E-state index contributed by atoms with van der Waals surface area (Å²) in [5, 5.41) is 23.3. The number of ether oxygens (including phenoxy) is 1. The standard InChI is InChI=1S/C66H119N11O14/c1-25-46-62(86)71(17)36-51(78)72(18)47(32-37(2)3)59(83)70-53(41(10)11)65(89)73(19)48(33-38(4)5)58(82)67-44(15)57(81)68-45(16)61(85)74(20)49(34-39(6)7)63(87)75(21)50(35-40(8)9)64(88)76(22)54(42(12)13)66(90)77(23)55(60(84)69-46)56(80)43(14)30-28-26-27-29-31-52(79)91-24/h37-50,53-56,80H,25-36H2,1-24H3,(H,67,82)(H,68,81)(H,69,84)(H,70,83)/t43-,44+,45-,46+,47+,48+,49+,50+,53+,54+,55+,56-/m1/s1. The molecular formula is C66H119N11O14. The molecule has 522 valence electrons. The van der Waals surface area contributed by atoms with Gasteiger partial charge < -0.3 is 65.4 Å². The molecule has 1 aliphatic heterocycles. The van der Waals surface area contributed by atoms with Crippen molar-refractivity contribution in [3.63, 3.8) is 0 Å². The fourth-order valence-corrected chi connectivity index (χ4v) is 11.6. The lowest BCUT2D eigenvalue weighted by Gasteiger charge is -2.41. The molecule has 1 saturated heterocycles. The molecule has 25 nitrogen and oxygen atoms in total. The van der Waals surface area contributed by atoms with Crippen molar-refractivity contribution < 1.29 is 67.4 Å². The zero-order valence-corrected chi connectivity index (χ0v) is 59.8. The first-order chi connectivity index (χ1) is 42.1. The molecule has 1 rings (SSSR count). The number of carbonyl (C=O) groups is 12. The number of methoxy groups -OCH3 is 1. The molecular weight excluding hydrogens is 1170 g/mol. The van der Waals surface area contributed by atoms with E-state index in [9.17, 15) is 43.5 Å². The van der Waals surface area contributed by atoms with Gasteiger partial charge in [0.2, 0.25) is 65.0 Å². The van der Waals surface area contributed by atoms with Gasteiger partial charge in [-0.2, -0.15) is 0 Å². The Morgan fingerprint density at radius 2 is 0.901 bits per heavy atom. The van der Waals surface area contributed by atoms with E-state index in [4.69, 9.17) is 4.74 Å². The maximum Gasteiger partial charge on any atom is 0.305 e. The summed E-state index contributed by atoms with van der Waals surface area (Å²) in [6.45, 7) is 27.5. The van der Waals surface area contributed by atoms with Crippen LogP contribution in [0, 0.1) is 41.4 Å². The molecule has 0 unspecified atom stereocenters. The number of likely N-dealkylation sites (N-methyl/N-ethyl adjacent to an activating group) is 7. The second kappa shape index (κ2) is 38.6. The monoisotopic (exact) mass is 1290 g/mol. The summed E-state index contributed by atoms with van der Waals surface area (Å²) in [6.07, 6.45) is 2.24. The Morgan fingerprint density at radius 1 is 0.473 bits per heavy atom. The smallest absolute Gasteiger partial charge is 0.305 e. The van der Waals surface area contributed by atoms with E-state index in [1.807, 2.05) is 55.4 Å². The van der Waals surface area contributed by atoms with Crippen molar-refractivity contribution in [3.8, 4) is 0 Å². The van der Waals surface area contributed by atoms with Gasteiger partial charge >= 0.3 is 5.97 Å². The second-order valence-electron chi connectivity index (χ2n) is 27.8. The van der Waals surface area contributed by atoms with Crippen molar-refractivity contribution in [1.29, 1.82) is 0 Å². The highest BCUT2D eigenvalue weighted by atomic mass is 16.5. The number of carbonyl (C=O) groups excluding carboxylic acids is 12. The van der Waals surface area contributed by atoms with Gasteiger partial charge in [-0.15, -0.1) is 0 Å². The average Bonchev–Trinajstić information content (AvgIpc) is 0.918. The Bertz CT molecular complexity index is 2460. The fraction of sp³-hybridized carbons (Fsp3) is 0.818. The van der Waals surface area contributed by atoms with Crippen LogP contribution in [0.15, 0.2) is 0 Å². The number of rotatable bonds is 20. The van der Waals surface area contributed by atoms with E-state index in [1.54, 1.807) is 41.5 Å². The minimum atomic E-state index is -1.64. The highest BCUT2D eigenvalue weighted by Crippen LogP contribution is 2.26. The van der Waals surface area contributed by atoms with Gasteiger partial charge in [-0.05, 0) is 100 Å². The van der Waals surface area contributed by atoms with E-state index >= 15 is 19.2 Å². The number of aliphatic hydroxyl groups is 1. The number of aliphatic hydroxyl groups excluding tert-OH is 1. The Balaban J connectivity index is 4.32. The quantitative estimate of drug-likeness (QED) is 0.0856. The number of hydrogen-bond acceptors (Lipinski definition) is 14. The van der Waals surface area contributed by atoms with E-state index in [1.165, 1.54) is 94.8 Å². The largest absolute Gasteiger partial charge is 0.469 e. The summed E-state index contributed by atoms with van der Waals surface area (Å²) in [5.41, 5.74) is 0. The Hall–Kier alpha value is -6.40. The molecule has 11 amide bonds. The molecule has 0 spiro atoms. The third-order valence-electron chi connectivity index (χ3n) is 17.4. The zero-order valence-electron chi connectivity index (χ0n) is 59.8. The molecule has 91 heavy (non-hydrogen) atoms.